The molecule has 3 rings (SSSR count). The molecule has 0 radical (unpaired) electrons. The molecule has 2 aromatic rings. The lowest BCUT2D eigenvalue weighted by Crippen LogP contribution is -2.28. The Morgan fingerprint density at radius 2 is 1.88 bits per heavy atom. The summed E-state index contributed by atoms with van der Waals surface area (Å²) in [6.07, 6.45) is 3.78. The number of benzene rings is 1. The Hall–Kier alpha value is -2.43. The van der Waals surface area contributed by atoms with Crippen molar-refractivity contribution in [3.8, 4) is 11.4 Å². The van der Waals surface area contributed by atoms with Gasteiger partial charge < -0.3 is 5.11 Å². The fourth-order valence-corrected chi connectivity index (χ4v) is 3.10. The van der Waals surface area contributed by atoms with Gasteiger partial charge in [0.25, 0.3) is 0 Å². The molecular weight excluding hydrogens is 324 g/mol. The normalized spacial score (nSPS) is 15.7. The summed E-state index contributed by atoms with van der Waals surface area (Å²) < 4.78 is 1.87. The Morgan fingerprint density at radius 1 is 1.19 bits per heavy atom. The average Bonchev–Trinajstić information content (AvgIpc) is 2.95. The number of aromatic nitrogens is 3. The van der Waals surface area contributed by atoms with Crippen LogP contribution in [0.2, 0.25) is 0 Å². The van der Waals surface area contributed by atoms with Crippen molar-refractivity contribution in [1.29, 1.82) is 0 Å². The van der Waals surface area contributed by atoms with Crippen LogP contribution in [0.3, 0.4) is 0 Å². The molecule has 1 atom stereocenters. The van der Waals surface area contributed by atoms with E-state index in [1.807, 2.05) is 4.57 Å². The molecule has 0 spiro atoms. The molecule has 1 aliphatic heterocycles. The Bertz CT molecular complexity index is 886. The molecule has 1 unspecified atom stereocenters. The largest absolute Gasteiger partial charge is 0.510 e. The third-order valence-corrected chi connectivity index (χ3v) is 4.61. The second-order valence-corrected chi connectivity index (χ2v) is 8.02. The van der Waals surface area contributed by atoms with Crippen molar-refractivity contribution in [1.82, 2.24) is 14.5 Å². The van der Waals surface area contributed by atoms with Crippen molar-refractivity contribution in [2.24, 2.45) is 4.99 Å². The molecule has 1 aliphatic rings. The molecule has 0 fully saturated rings. The Kier molecular flexibility index (Phi) is 4.99. The van der Waals surface area contributed by atoms with Crippen molar-refractivity contribution in [3.05, 3.63) is 47.0 Å². The standard InChI is InChI=1S/C21H28N4O/c1-6-7-14(2)22-20-24-19(23-18-12-17(26)13-25(18)20)15-8-10-16(11-9-15)21(3,4)5/h8-12,14,26H,6-7,13H2,1-5H3. The van der Waals surface area contributed by atoms with Gasteiger partial charge in [0.15, 0.2) is 5.82 Å². The van der Waals surface area contributed by atoms with Gasteiger partial charge in [-0.2, -0.15) is 4.98 Å². The number of aliphatic hydroxyl groups excluding tert-OH is 1. The first-order valence-corrected chi connectivity index (χ1v) is 9.31. The molecule has 1 N–H and O–H groups in total. The molecule has 0 saturated carbocycles. The zero-order chi connectivity index (χ0) is 18.9. The predicted molar refractivity (Wildman–Crippen MR) is 105 cm³/mol. The highest BCUT2D eigenvalue weighted by atomic mass is 16.3. The first kappa shape index (κ1) is 18.4. The fraction of sp³-hybridized carbons (Fsp3) is 0.476. The summed E-state index contributed by atoms with van der Waals surface area (Å²) in [5.41, 5.74) is 2.97. The highest BCUT2D eigenvalue weighted by Gasteiger charge is 2.18. The number of hydrogen-bond donors (Lipinski definition) is 1. The maximum atomic E-state index is 9.93. The van der Waals surface area contributed by atoms with E-state index in [1.54, 1.807) is 6.08 Å². The van der Waals surface area contributed by atoms with Crippen molar-refractivity contribution < 1.29 is 5.11 Å². The number of allylic oxidation sites excluding steroid dienone is 1. The molecular formula is C21H28N4O. The molecule has 0 bridgehead atoms. The SMILES string of the molecule is CCCC(C)N=c1nc(-c2ccc(C(C)(C)C)cc2)nc2n1CC(O)=C2. The molecule has 5 heteroatoms. The molecule has 1 aromatic heterocycles. The minimum absolute atomic E-state index is 0.109. The predicted octanol–water partition coefficient (Wildman–Crippen LogP) is 4.24. The van der Waals surface area contributed by atoms with Gasteiger partial charge in [0.1, 0.15) is 11.6 Å². The van der Waals surface area contributed by atoms with Crippen LogP contribution in [0.1, 0.15) is 58.8 Å². The smallest absolute Gasteiger partial charge is 0.229 e. The van der Waals surface area contributed by atoms with Gasteiger partial charge in [-0.15, -0.1) is 0 Å². The maximum absolute atomic E-state index is 9.93. The van der Waals surface area contributed by atoms with Gasteiger partial charge in [0.05, 0.1) is 12.6 Å². The minimum atomic E-state index is 0.109. The summed E-state index contributed by atoms with van der Waals surface area (Å²) in [6.45, 7) is 11.2. The Labute approximate surface area is 155 Å². The van der Waals surface area contributed by atoms with E-state index in [2.05, 4.69) is 63.9 Å². The van der Waals surface area contributed by atoms with Gasteiger partial charge in [-0.25, -0.2) is 9.98 Å². The van der Waals surface area contributed by atoms with Gasteiger partial charge in [-0.05, 0) is 24.3 Å². The van der Waals surface area contributed by atoms with E-state index in [-0.39, 0.29) is 11.5 Å². The van der Waals surface area contributed by atoms with Crippen LogP contribution in [0.15, 0.2) is 35.0 Å². The van der Waals surface area contributed by atoms with Gasteiger partial charge in [0, 0.05) is 11.6 Å². The Balaban J connectivity index is 2.07. The van der Waals surface area contributed by atoms with Gasteiger partial charge >= 0.3 is 0 Å². The zero-order valence-electron chi connectivity index (χ0n) is 16.3. The lowest BCUT2D eigenvalue weighted by Gasteiger charge is -2.19. The number of fused-ring (bicyclic) bond motifs is 1. The number of aliphatic hydroxyl groups is 1. The summed E-state index contributed by atoms with van der Waals surface area (Å²) in [7, 11) is 0. The van der Waals surface area contributed by atoms with Crippen LogP contribution in [-0.2, 0) is 12.0 Å². The van der Waals surface area contributed by atoms with Crippen LogP contribution in [0.4, 0.5) is 0 Å². The van der Waals surface area contributed by atoms with E-state index >= 15 is 0 Å². The second kappa shape index (κ2) is 7.06. The highest BCUT2D eigenvalue weighted by molar-refractivity contribution is 5.58. The summed E-state index contributed by atoms with van der Waals surface area (Å²) in [5.74, 6) is 1.64. The van der Waals surface area contributed by atoms with Crippen molar-refractivity contribution >= 4 is 6.08 Å². The van der Waals surface area contributed by atoms with Crippen LogP contribution >= 0.6 is 0 Å². The summed E-state index contributed by atoms with van der Waals surface area (Å²) in [6, 6.07) is 8.56. The van der Waals surface area contributed by atoms with Crippen molar-refractivity contribution in [2.75, 3.05) is 0 Å². The molecule has 138 valence electrons. The van der Waals surface area contributed by atoms with E-state index in [0.29, 0.717) is 29.6 Å². The first-order valence-electron chi connectivity index (χ1n) is 9.31. The topological polar surface area (TPSA) is 63.3 Å². The maximum Gasteiger partial charge on any atom is 0.229 e. The number of nitrogens with zero attached hydrogens (tertiary/aromatic N) is 4. The van der Waals surface area contributed by atoms with Crippen molar-refractivity contribution in [2.45, 2.75) is 65.5 Å². The summed E-state index contributed by atoms with van der Waals surface area (Å²) >= 11 is 0. The monoisotopic (exact) mass is 352 g/mol. The lowest BCUT2D eigenvalue weighted by molar-refractivity contribution is 0.384. The molecule has 0 saturated heterocycles. The molecule has 0 amide bonds. The van der Waals surface area contributed by atoms with E-state index in [9.17, 15) is 5.11 Å². The quantitative estimate of drug-likeness (QED) is 0.895. The van der Waals surface area contributed by atoms with Crippen LogP contribution < -0.4 is 5.62 Å². The molecule has 0 aliphatic carbocycles. The highest BCUT2D eigenvalue weighted by Crippen LogP contribution is 2.25. The zero-order valence-corrected chi connectivity index (χ0v) is 16.3. The van der Waals surface area contributed by atoms with Gasteiger partial charge in [-0.1, -0.05) is 58.4 Å². The first-order chi connectivity index (χ1) is 12.3. The lowest BCUT2D eigenvalue weighted by atomic mass is 9.87. The van der Waals surface area contributed by atoms with E-state index in [1.165, 1.54) is 5.56 Å². The third kappa shape index (κ3) is 3.87. The van der Waals surface area contributed by atoms with Crippen molar-refractivity contribution in [3.63, 3.8) is 0 Å². The molecule has 2 heterocycles. The van der Waals surface area contributed by atoms with E-state index < -0.39 is 0 Å². The summed E-state index contributed by atoms with van der Waals surface area (Å²) in [4.78, 5) is 14.1. The molecule has 1 aromatic carbocycles. The minimum Gasteiger partial charge on any atom is -0.510 e. The fourth-order valence-electron chi connectivity index (χ4n) is 3.10. The molecule has 26 heavy (non-hydrogen) atoms. The van der Waals surface area contributed by atoms with Gasteiger partial charge in [-0.3, -0.25) is 4.57 Å². The summed E-state index contributed by atoms with van der Waals surface area (Å²) in [5, 5.41) is 9.93. The third-order valence-electron chi connectivity index (χ3n) is 4.61. The molecule has 5 nitrogen and oxygen atoms in total. The van der Waals surface area contributed by atoms with Crippen LogP contribution in [0.5, 0.6) is 0 Å². The van der Waals surface area contributed by atoms with Crippen LogP contribution in [0, 0.1) is 0 Å². The van der Waals surface area contributed by atoms with Gasteiger partial charge in [0.2, 0.25) is 5.62 Å². The van der Waals surface area contributed by atoms with E-state index in [0.717, 1.165) is 18.4 Å². The Morgan fingerprint density at radius 3 is 2.50 bits per heavy atom. The van der Waals surface area contributed by atoms with E-state index in [4.69, 9.17) is 9.98 Å². The average molecular weight is 352 g/mol. The van der Waals surface area contributed by atoms with Crippen LogP contribution in [0.25, 0.3) is 17.5 Å². The van der Waals surface area contributed by atoms with Crippen LogP contribution in [-0.4, -0.2) is 25.7 Å². The number of rotatable bonds is 4. The number of hydrogen-bond acceptors (Lipinski definition) is 4. The second-order valence-electron chi connectivity index (χ2n) is 8.02.